The van der Waals surface area contributed by atoms with E-state index in [0.29, 0.717) is 5.69 Å². The zero-order valence-electron chi connectivity index (χ0n) is 8.41. The van der Waals surface area contributed by atoms with E-state index in [-0.39, 0.29) is 11.5 Å². The van der Waals surface area contributed by atoms with Crippen LogP contribution in [0.4, 0.5) is 5.69 Å². The Labute approximate surface area is 79.2 Å². The van der Waals surface area contributed by atoms with Crippen molar-refractivity contribution in [3.8, 4) is 0 Å². The van der Waals surface area contributed by atoms with Gasteiger partial charge in [0.05, 0.1) is 11.7 Å². The summed E-state index contributed by atoms with van der Waals surface area (Å²) < 4.78 is 0. The minimum Gasteiger partial charge on any atom is -0.399 e. The van der Waals surface area contributed by atoms with Gasteiger partial charge < -0.3 is 11.5 Å². The van der Waals surface area contributed by atoms with E-state index in [1.807, 2.05) is 6.07 Å². The van der Waals surface area contributed by atoms with E-state index in [1.165, 1.54) is 0 Å². The van der Waals surface area contributed by atoms with Crippen molar-refractivity contribution in [2.75, 3.05) is 5.73 Å². The molecular formula is C10H17N3. The Kier molecular flexibility index (Phi) is 2.57. The summed E-state index contributed by atoms with van der Waals surface area (Å²) in [5.41, 5.74) is 13.2. The van der Waals surface area contributed by atoms with Gasteiger partial charge in [-0.15, -0.1) is 0 Å². The first-order chi connectivity index (χ1) is 5.91. The Hall–Kier alpha value is -1.09. The second-order valence-corrected chi connectivity index (χ2v) is 4.36. The molecule has 1 aromatic heterocycles. The normalized spacial score (nSPS) is 14.2. The fourth-order valence-electron chi connectivity index (χ4n) is 1.08. The monoisotopic (exact) mass is 179 g/mol. The molecule has 1 atom stereocenters. The predicted molar refractivity (Wildman–Crippen MR) is 55.0 cm³/mol. The molecule has 0 spiro atoms. The number of nitrogens with zero attached hydrogens (tertiary/aromatic N) is 1. The fourth-order valence-corrected chi connectivity index (χ4v) is 1.08. The molecule has 0 aliphatic heterocycles. The molecule has 1 aromatic rings. The molecule has 0 amide bonds. The summed E-state index contributed by atoms with van der Waals surface area (Å²) in [6.07, 6.45) is 1.69. The Morgan fingerprint density at radius 1 is 1.38 bits per heavy atom. The Morgan fingerprint density at radius 2 is 2.00 bits per heavy atom. The highest BCUT2D eigenvalue weighted by atomic mass is 14.8. The highest BCUT2D eigenvalue weighted by Gasteiger charge is 2.23. The maximum atomic E-state index is 6.02. The van der Waals surface area contributed by atoms with Gasteiger partial charge >= 0.3 is 0 Å². The van der Waals surface area contributed by atoms with E-state index in [1.54, 1.807) is 12.3 Å². The van der Waals surface area contributed by atoms with Crippen LogP contribution >= 0.6 is 0 Å². The molecule has 13 heavy (non-hydrogen) atoms. The first-order valence-corrected chi connectivity index (χ1v) is 4.38. The van der Waals surface area contributed by atoms with Crippen molar-refractivity contribution in [3.63, 3.8) is 0 Å². The number of rotatable bonds is 1. The SMILES string of the molecule is CC(C)(C)[C@@H](N)c1cc(N)ccn1. The fraction of sp³-hybridized carbons (Fsp3) is 0.500. The summed E-state index contributed by atoms with van der Waals surface area (Å²) in [4.78, 5) is 4.20. The molecule has 0 aliphatic carbocycles. The lowest BCUT2D eigenvalue weighted by Gasteiger charge is -2.26. The van der Waals surface area contributed by atoms with Crippen molar-refractivity contribution in [2.24, 2.45) is 11.1 Å². The van der Waals surface area contributed by atoms with Gasteiger partial charge in [0.2, 0.25) is 0 Å². The maximum Gasteiger partial charge on any atom is 0.0596 e. The number of nitrogens with two attached hydrogens (primary N) is 2. The maximum absolute atomic E-state index is 6.02. The number of hydrogen-bond donors (Lipinski definition) is 2. The molecule has 0 fully saturated rings. The summed E-state index contributed by atoms with van der Waals surface area (Å²) in [6.45, 7) is 6.26. The molecule has 72 valence electrons. The van der Waals surface area contributed by atoms with E-state index in [4.69, 9.17) is 11.5 Å². The van der Waals surface area contributed by atoms with Crippen molar-refractivity contribution >= 4 is 5.69 Å². The van der Waals surface area contributed by atoms with Crippen molar-refractivity contribution in [2.45, 2.75) is 26.8 Å². The van der Waals surface area contributed by atoms with Crippen molar-refractivity contribution in [3.05, 3.63) is 24.0 Å². The third-order valence-electron chi connectivity index (χ3n) is 2.06. The van der Waals surface area contributed by atoms with Gasteiger partial charge in [0, 0.05) is 11.9 Å². The molecule has 4 N–H and O–H groups in total. The topological polar surface area (TPSA) is 64.9 Å². The Bertz CT molecular complexity index is 288. The molecule has 0 radical (unpaired) electrons. The van der Waals surface area contributed by atoms with Crippen LogP contribution in [0.3, 0.4) is 0 Å². The second kappa shape index (κ2) is 3.34. The lowest BCUT2D eigenvalue weighted by molar-refractivity contribution is 0.321. The summed E-state index contributed by atoms with van der Waals surface area (Å²) in [6, 6.07) is 3.52. The molecule has 0 aliphatic rings. The summed E-state index contributed by atoms with van der Waals surface area (Å²) in [5, 5.41) is 0. The molecule has 3 nitrogen and oxygen atoms in total. The molecule has 0 saturated carbocycles. The lowest BCUT2D eigenvalue weighted by atomic mass is 9.85. The highest BCUT2D eigenvalue weighted by molar-refractivity contribution is 5.38. The minimum atomic E-state index is -0.0731. The number of pyridine rings is 1. The standard InChI is InChI=1S/C10H17N3/c1-10(2,3)9(12)8-6-7(11)4-5-13-8/h4-6,9H,12H2,1-3H3,(H2,11,13)/t9-/m0/s1. The Morgan fingerprint density at radius 3 is 2.46 bits per heavy atom. The van der Waals surface area contributed by atoms with Crippen LogP contribution in [-0.4, -0.2) is 4.98 Å². The number of aromatic nitrogens is 1. The average Bonchev–Trinajstić information content (AvgIpc) is 2.01. The molecule has 0 saturated heterocycles. The molecule has 0 bridgehead atoms. The van der Waals surface area contributed by atoms with Gasteiger partial charge in [-0.05, 0) is 17.5 Å². The predicted octanol–water partition coefficient (Wildman–Crippen LogP) is 1.71. The highest BCUT2D eigenvalue weighted by Crippen LogP contribution is 2.29. The van der Waals surface area contributed by atoms with Crippen molar-refractivity contribution in [1.29, 1.82) is 0 Å². The quantitative estimate of drug-likeness (QED) is 0.689. The van der Waals surface area contributed by atoms with E-state index in [0.717, 1.165) is 5.69 Å². The minimum absolute atomic E-state index is 0.0147. The molecule has 1 rings (SSSR count). The van der Waals surface area contributed by atoms with Gasteiger partial charge in [0.15, 0.2) is 0 Å². The smallest absolute Gasteiger partial charge is 0.0596 e. The molecule has 3 heteroatoms. The van der Waals surface area contributed by atoms with Gasteiger partial charge in [-0.3, -0.25) is 4.98 Å². The Balaban J connectivity index is 2.96. The number of anilines is 1. The van der Waals surface area contributed by atoms with Crippen LogP contribution in [0.2, 0.25) is 0 Å². The molecule has 1 heterocycles. The van der Waals surface area contributed by atoms with E-state index >= 15 is 0 Å². The lowest BCUT2D eigenvalue weighted by Crippen LogP contribution is -2.27. The zero-order valence-corrected chi connectivity index (χ0v) is 8.41. The molecule has 0 aromatic carbocycles. The summed E-state index contributed by atoms with van der Waals surface area (Å²) >= 11 is 0. The van der Waals surface area contributed by atoms with Crippen LogP contribution in [0.5, 0.6) is 0 Å². The van der Waals surface area contributed by atoms with Crippen LogP contribution < -0.4 is 11.5 Å². The van der Waals surface area contributed by atoms with E-state index in [2.05, 4.69) is 25.8 Å². The van der Waals surface area contributed by atoms with E-state index < -0.39 is 0 Å². The van der Waals surface area contributed by atoms with Crippen molar-refractivity contribution in [1.82, 2.24) is 4.98 Å². The molecule has 0 unspecified atom stereocenters. The summed E-state index contributed by atoms with van der Waals surface area (Å²) in [5.74, 6) is 0. The first-order valence-electron chi connectivity index (χ1n) is 4.38. The third kappa shape index (κ3) is 2.42. The average molecular weight is 179 g/mol. The number of nitrogen functional groups attached to an aromatic ring is 1. The third-order valence-corrected chi connectivity index (χ3v) is 2.06. The summed E-state index contributed by atoms with van der Waals surface area (Å²) in [7, 11) is 0. The van der Waals surface area contributed by atoms with Gasteiger partial charge in [-0.1, -0.05) is 20.8 Å². The largest absolute Gasteiger partial charge is 0.399 e. The van der Waals surface area contributed by atoms with Crippen LogP contribution in [0, 0.1) is 5.41 Å². The van der Waals surface area contributed by atoms with Gasteiger partial charge in [0.1, 0.15) is 0 Å². The molecular weight excluding hydrogens is 162 g/mol. The second-order valence-electron chi connectivity index (χ2n) is 4.36. The van der Waals surface area contributed by atoms with Crippen LogP contribution in [-0.2, 0) is 0 Å². The zero-order chi connectivity index (χ0) is 10.1. The van der Waals surface area contributed by atoms with Gasteiger partial charge in [-0.2, -0.15) is 0 Å². The van der Waals surface area contributed by atoms with Crippen LogP contribution in [0.15, 0.2) is 18.3 Å². The van der Waals surface area contributed by atoms with Crippen molar-refractivity contribution < 1.29 is 0 Å². The van der Waals surface area contributed by atoms with Crippen LogP contribution in [0.25, 0.3) is 0 Å². The van der Waals surface area contributed by atoms with Gasteiger partial charge in [-0.25, -0.2) is 0 Å². The van der Waals surface area contributed by atoms with Gasteiger partial charge in [0.25, 0.3) is 0 Å². The number of hydrogen-bond acceptors (Lipinski definition) is 3. The first kappa shape index (κ1) is 9.99. The van der Waals surface area contributed by atoms with E-state index in [9.17, 15) is 0 Å². The van der Waals surface area contributed by atoms with Crippen LogP contribution in [0.1, 0.15) is 32.5 Å².